The van der Waals surface area contributed by atoms with Gasteiger partial charge in [0.25, 0.3) is 0 Å². The maximum Gasteiger partial charge on any atom is 0.235 e. The Morgan fingerprint density at radius 3 is 2.73 bits per heavy atom. The van der Waals surface area contributed by atoms with Gasteiger partial charge in [-0.25, -0.2) is 9.79 Å². The summed E-state index contributed by atoms with van der Waals surface area (Å²) in [4.78, 5) is 13.8. The Morgan fingerprint density at radius 2 is 2.27 bits per heavy atom. The van der Waals surface area contributed by atoms with Crippen molar-refractivity contribution in [1.82, 2.24) is 0 Å². The molecule has 0 N–H and O–H groups in total. The van der Waals surface area contributed by atoms with Crippen LogP contribution >= 0.6 is 0 Å². The van der Waals surface area contributed by atoms with Crippen molar-refractivity contribution in [3.8, 4) is 0 Å². The molecular weight excluding hydrogens is 138 g/mol. The highest BCUT2D eigenvalue weighted by molar-refractivity contribution is 5.33. The lowest BCUT2D eigenvalue weighted by molar-refractivity contribution is 0.382. The summed E-state index contributed by atoms with van der Waals surface area (Å²) in [6.45, 7) is 4.39. The number of hydrogen-bond donors (Lipinski definition) is 0. The molecule has 11 heavy (non-hydrogen) atoms. The summed E-state index contributed by atoms with van der Waals surface area (Å²) in [6.07, 6.45) is 5.18. The maximum absolute atomic E-state index is 10.0. The zero-order valence-electron chi connectivity index (χ0n) is 7.21. The van der Waals surface area contributed by atoms with Crippen LogP contribution in [0.15, 0.2) is 4.99 Å². The minimum absolute atomic E-state index is 0.262. The summed E-state index contributed by atoms with van der Waals surface area (Å²) >= 11 is 0. The van der Waals surface area contributed by atoms with E-state index in [1.165, 1.54) is 12.8 Å². The van der Waals surface area contributed by atoms with Gasteiger partial charge in [-0.2, -0.15) is 0 Å². The minimum atomic E-state index is 0.262. The van der Waals surface area contributed by atoms with Gasteiger partial charge in [0.1, 0.15) is 0 Å². The van der Waals surface area contributed by atoms with Crippen LogP contribution in [0.2, 0.25) is 0 Å². The van der Waals surface area contributed by atoms with Gasteiger partial charge in [-0.15, -0.1) is 0 Å². The predicted molar refractivity (Wildman–Crippen MR) is 44.1 cm³/mol. The Bertz CT molecular complexity index is 172. The predicted octanol–water partition coefficient (Wildman–Crippen LogP) is 2.15. The lowest BCUT2D eigenvalue weighted by Gasteiger charge is -2.14. The van der Waals surface area contributed by atoms with Crippen molar-refractivity contribution in [3.63, 3.8) is 0 Å². The Kier molecular flexibility index (Phi) is 2.84. The van der Waals surface area contributed by atoms with Crippen molar-refractivity contribution in [2.45, 2.75) is 39.2 Å². The summed E-state index contributed by atoms with van der Waals surface area (Å²) in [5.41, 5.74) is 0. The van der Waals surface area contributed by atoms with Gasteiger partial charge in [0.2, 0.25) is 6.08 Å². The molecule has 0 amide bonds. The van der Waals surface area contributed by atoms with E-state index in [0.717, 1.165) is 12.3 Å². The topological polar surface area (TPSA) is 29.4 Å². The number of isocyanates is 1. The van der Waals surface area contributed by atoms with Crippen molar-refractivity contribution in [2.24, 2.45) is 16.8 Å². The largest absolute Gasteiger partial charge is 0.235 e. The van der Waals surface area contributed by atoms with E-state index in [-0.39, 0.29) is 6.04 Å². The molecule has 0 aromatic heterocycles. The van der Waals surface area contributed by atoms with Crippen LogP contribution in [0.5, 0.6) is 0 Å². The first-order valence-electron chi connectivity index (χ1n) is 4.36. The minimum Gasteiger partial charge on any atom is -0.211 e. The van der Waals surface area contributed by atoms with Crippen LogP contribution in [0.25, 0.3) is 0 Å². The van der Waals surface area contributed by atoms with E-state index in [9.17, 15) is 4.79 Å². The molecule has 1 aliphatic rings. The van der Waals surface area contributed by atoms with E-state index in [0.29, 0.717) is 5.92 Å². The number of nitrogens with zero attached hydrogens (tertiary/aromatic N) is 1. The van der Waals surface area contributed by atoms with Gasteiger partial charge in [-0.3, -0.25) is 0 Å². The van der Waals surface area contributed by atoms with Crippen molar-refractivity contribution >= 4 is 6.08 Å². The van der Waals surface area contributed by atoms with Gasteiger partial charge in [-0.1, -0.05) is 20.3 Å². The molecule has 2 nitrogen and oxygen atoms in total. The van der Waals surface area contributed by atoms with Crippen LogP contribution in [0.1, 0.15) is 33.1 Å². The van der Waals surface area contributed by atoms with Crippen LogP contribution in [-0.4, -0.2) is 12.1 Å². The lowest BCUT2D eigenvalue weighted by atomic mass is 9.94. The zero-order valence-corrected chi connectivity index (χ0v) is 7.21. The van der Waals surface area contributed by atoms with E-state index < -0.39 is 0 Å². The molecule has 0 bridgehead atoms. The van der Waals surface area contributed by atoms with Crippen LogP contribution < -0.4 is 0 Å². The molecule has 1 rings (SSSR count). The molecule has 0 aliphatic heterocycles. The summed E-state index contributed by atoms with van der Waals surface area (Å²) < 4.78 is 0. The SMILES string of the molecule is CCC1CCC(N=C=O)C1C. The van der Waals surface area contributed by atoms with Gasteiger partial charge in [0.05, 0.1) is 6.04 Å². The molecule has 0 saturated heterocycles. The van der Waals surface area contributed by atoms with Crippen LogP contribution in [0.4, 0.5) is 0 Å². The molecule has 0 aromatic carbocycles. The monoisotopic (exact) mass is 153 g/mol. The Hall–Kier alpha value is -0.620. The highest BCUT2D eigenvalue weighted by Crippen LogP contribution is 2.35. The molecule has 0 radical (unpaired) electrons. The average molecular weight is 153 g/mol. The quantitative estimate of drug-likeness (QED) is 0.441. The molecule has 0 spiro atoms. The number of carbonyl (C=O) groups excluding carboxylic acids is 1. The van der Waals surface area contributed by atoms with Crippen molar-refractivity contribution in [1.29, 1.82) is 0 Å². The highest BCUT2D eigenvalue weighted by Gasteiger charge is 2.30. The molecule has 0 aromatic rings. The molecule has 0 heterocycles. The van der Waals surface area contributed by atoms with Gasteiger partial charge in [0.15, 0.2) is 0 Å². The van der Waals surface area contributed by atoms with Gasteiger partial charge in [0, 0.05) is 0 Å². The Morgan fingerprint density at radius 1 is 1.55 bits per heavy atom. The summed E-state index contributed by atoms with van der Waals surface area (Å²) in [6, 6.07) is 0.262. The van der Waals surface area contributed by atoms with E-state index in [4.69, 9.17) is 0 Å². The molecule has 3 unspecified atom stereocenters. The molecule has 2 heteroatoms. The molecule has 62 valence electrons. The summed E-state index contributed by atoms with van der Waals surface area (Å²) in [7, 11) is 0. The smallest absolute Gasteiger partial charge is 0.211 e. The van der Waals surface area contributed by atoms with Crippen molar-refractivity contribution in [2.75, 3.05) is 0 Å². The van der Waals surface area contributed by atoms with Crippen LogP contribution in [0.3, 0.4) is 0 Å². The third-order valence-corrected chi connectivity index (χ3v) is 2.93. The van der Waals surface area contributed by atoms with Crippen molar-refractivity contribution < 1.29 is 4.79 Å². The van der Waals surface area contributed by atoms with Crippen molar-refractivity contribution in [3.05, 3.63) is 0 Å². The third-order valence-electron chi connectivity index (χ3n) is 2.93. The van der Waals surface area contributed by atoms with Crippen LogP contribution in [0, 0.1) is 11.8 Å². The van der Waals surface area contributed by atoms with E-state index in [1.807, 2.05) is 0 Å². The molecular formula is C9H15NO. The highest BCUT2D eigenvalue weighted by atomic mass is 16.1. The number of rotatable bonds is 2. The fourth-order valence-corrected chi connectivity index (χ4v) is 2.05. The van der Waals surface area contributed by atoms with E-state index in [1.54, 1.807) is 6.08 Å². The fourth-order valence-electron chi connectivity index (χ4n) is 2.05. The number of hydrogen-bond acceptors (Lipinski definition) is 2. The second kappa shape index (κ2) is 3.68. The zero-order chi connectivity index (χ0) is 8.27. The van der Waals surface area contributed by atoms with Gasteiger partial charge >= 0.3 is 0 Å². The molecule has 1 aliphatic carbocycles. The fraction of sp³-hybridized carbons (Fsp3) is 0.889. The van der Waals surface area contributed by atoms with E-state index >= 15 is 0 Å². The molecule has 1 saturated carbocycles. The Labute approximate surface area is 67.7 Å². The molecule has 1 fully saturated rings. The first-order valence-corrected chi connectivity index (χ1v) is 4.36. The number of aliphatic imine (C=N–C) groups is 1. The second-order valence-corrected chi connectivity index (χ2v) is 3.39. The van der Waals surface area contributed by atoms with Gasteiger partial charge < -0.3 is 0 Å². The standard InChI is InChI=1S/C9H15NO/c1-3-8-4-5-9(7(8)2)10-6-11/h7-9H,3-5H2,1-2H3. The van der Waals surface area contributed by atoms with Gasteiger partial charge in [-0.05, 0) is 24.7 Å². The maximum atomic E-state index is 10.0. The first-order chi connectivity index (χ1) is 5.29. The lowest BCUT2D eigenvalue weighted by Crippen LogP contribution is -2.13. The summed E-state index contributed by atoms with van der Waals surface area (Å²) in [5, 5.41) is 0. The third kappa shape index (κ3) is 1.69. The average Bonchev–Trinajstić information content (AvgIpc) is 2.34. The van der Waals surface area contributed by atoms with E-state index in [2.05, 4.69) is 18.8 Å². The van der Waals surface area contributed by atoms with Crippen LogP contribution in [-0.2, 0) is 4.79 Å². The second-order valence-electron chi connectivity index (χ2n) is 3.39. The normalized spacial score (nSPS) is 36.7. The molecule has 3 atom stereocenters. The first kappa shape index (κ1) is 8.48. The summed E-state index contributed by atoms with van der Waals surface area (Å²) in [5.74, 6) is 1.36. The Balaban J connectivity index is 2.54.